The second kappa shape index (κ2) is 50.0. The quantitative estimate of drug-likeness (QED) is 0.0205. The van der Waals surface area contributed by atoms with E-state index in [1.54, 1.807) is 11.1 Å². The molecule has 0 unspecified atom stereocenters. The molecule has 0 aromatic heterocycles. The van der Waals surface area contributed by atoms with E-state index in [0.29, 0.717) is 22.3 Å². The Bertz CT molecular complexity index is 5820. The number of fused-ring (bicyclic) bond motifs is 9. The molecule has 12 aromatic carbocycles. The lowest BCUT2D eigenvalue weighted by Crippen LogP contribution is -2.27. The maximum Gasteiger partial charge on any atom is 0.195 e. The predicted octanol–water partition coefficient (Wildman–Crippen LogP) is 30.1. The highest BCUT2D eigenvalue weighted by molar-refractivity contribution is 5.92. The van der Waals surface area contributed by atoms with E-state index in [0.717, 1.165) is 194 Å². The maximum atomic E-state index is 11.1. The Morgan fingerprint density at radius 1 is 0.216 bits per heavy atom. The van der Waals surface area contributed by atoms with E-state index in [-0.39, 0.29) is 16.2 Å². The smallest absolute Gasteiger partial charge is 0.195 e. The first-order valence-corrected chi connectivity index (χ1v) is 51.2. The molecule has 722 valence electrons. The third-order valence-electron chi connectivity index (χ3n) is 30.1. The molecule has 139 heavy (non-hydrogen) atoms. The molecule has 0 amide bonds. The van der Waals surface area contributed by atoms with Gasteiger partial charge in [-0.1, -0.05) is 226 Å². The van der Waals surface area contributed by atoms with Crippen LogP contribution in [0.3, 0.4) is 0 Å². The number of rotatable bonds is 50. The summed E-state index contributed by atoms with van der Waals surface area (Å²) in [7, 11) is 12.8. The molecule has 0 heterocycles. The fraction of sp³-hybridized carbons (Fsp3) is 0.373. The van der Waals surface area contributed by atoms with Gasteiger partial charge in [-0.05, 0) is 331 Å². The van der Waals surface area contributed by atoms with Crippen molar-refractivity contribution in [3.8, 4) is 33.4 Å². The number of anilines is 6. The van der Waals surface area contributed by atoms with E-state index >= 15 is 0 Å². The Labute approximate surface area is 830 Å². The molecular weight excluding hydrogens is 1710 g/mol. The number of hydrogen-bond donors (Lipinski definition) is 0. The van der Waals surface area contributed by atoms with Gasteiger partial charge in [0.05, 0.1) is 6.57 Å². The summed E-state index contributed by atoms with van der Waals surface area (Å²) in [6, 6.07) is 86.8. The van der Waals surface area contributed by atoms with Gasteiger partial charge in [-0.25, -0.2) is 4.85 Å². The average molecular weight is 1860 g/mol. The van der Waals surface area contributed by atoms with Crippen molar-refractivity contribution in [2.75, 3.05) is 111 Å². The molecule has 0 radical (unpaired) electrons. The maximum absolute atomic E-state index is 11.1. The molecule has 0 saturated heterocycles. The number of benzene rings is 12. The highest BCUT2D eigenvalue weighted by Gasteiger charge is 2.46. The van der Waals surface area contributed by atoms with Crippen molar-refractivity contribution in [1.29, 1.82) is 0 Å². The predicted molar refractivity (Wildman–Crippen MR) is 583 cm³/mol. The van der Waals surface area contributed by atoms with Crippen LogP contribution in [-0.4, -0.2) is 119 Å². The summed E-state index contributed by atoms with van der Waals surface area (Å²) in [5, 5.41) is 0. The van der Waals surface area contributed by atoms with E-state index in [9.17, 15) is 28.8 Å². The third kappa shape index (κ3) is 25.9. The SMILES string of the molecule is Cc1ccc2c(c1)C(CCCCCCN(C)c1ccc(C=O)cc1)(CCCCCCN(C)c1ccc(C=O)cc1)c1cc(C)ccc1-2.Cc1ccc2c(c1)C(CCCCN(C)c1ccc(C=O)cc1)(CCCCN(C)c1ccc(C=O)cc1)c1cc(C)ccc1-2.[C-]#[N+]c1cc(C)cc2c1-c1ccc(C)cc1C2(CCCCCCN(C)c1ccc(C=O)cc1)CCCCCCN(C)c1ccc(C=O)cc1. The topological polar surface area (TPSA) is 126 Å². The number of hydrogen-bond acceptors (Lipinski definition) is 12. The van der Waals surface area contributed by atoms with Gasteiger partial charge < -0.3 is 29.4 Å². The lowest BCUT2D eigenvalue weighted by molar-refractivity contribution is 0.111. The highest BCUT2D eigenvalue weighted by atomic mass is 16.1. The molecule has 15 rings (SSSR count). The zero-order valence-electron chi connectivity index (χ0n) is 84.8. The molecule has 0 fully saturated rings. The fourth-order valence-corrected chi connectivity index (χ4v) is 22.1. The molecule has 0 saturated carbocycles. The van der Waals surface area contributed by atoms with Crippen LogP contribution >= 0.6 is 0 Å². The van der Waals surface area contributed by atoms with E-state index in [1.807, 2.05) is 146 Å². The van der Waals surface area contributed by atoms with Crippen LogP contribution in [0.15, 0.2) is 249 Å². The average Bonchev–Trinajstić information content (AvgIpc) is 1.57. The molecule has 0 aliphatic heterocycles. The number of carbonyl (C=O) groups is 6. The molecule has 0 bridgehead atoms. The molecule has 0 spiro atoms. The number of aryl methyl sites for hydroxylation is 6. The van der Waals surface area contributed by atoms with E-state index in [4.69, 9.17) is 6.57 Å². The monoisotopic (exact) mass is 1850 g/mol. The molecule has 0 N–H and O–H groups in total. The van der Waals surface area contributed by atoms with Gasteiger partial charge >= 0.3 is 0 Å². The van der Waals surface area contributed by atoms with Crippen molar-refractivity contribution in [3.63, 3.8) is 0 Å². The number of unbranched alkanes of at least 4 members (excludes halogenated alkanes) is 14. The molecule has 3 aliphatic carbocycles. The lowest BCUT2D eigenvalue weighted by atomic mass is 9.70. The summed E-state index contributed by atoms with van der Waals surface area (Å²) in [5.74, 6) is 0. The van der Waals surface area contributed by atoms with Gasteiger partial charge in [0.2, 0.25) is 0 Å². The van der Waals surface area contributed by atoms with Gasteiger partial charge in [0.25, 0.3) is 0 Å². The second-order valence-corrected chi connectivity index (χ2v) is 40.2. The summed E-state index contributed by atoms with van der Waals surface area (Å²) in [4.78, 5) is 84.0. The highest BCUT2D eigenvalue weighted by Crippen LogP contribution is 2.59. The van der Waals surface area contributed by atoms with Crippen molar-refractivity contribution in [1.82, 2.24) is 0 Å². The first kappa shape index (κ1) is 103. The van der Waals surface area contributed by atoms with E-state index in [1.165, 1.54) is 190 Å². The van der Waals surface area contributed by atoms with Gasteiger partial charge in [0, 0.05) is 165 Å². The van der Waals surface area contributed by atoms with Gasteiger partial charge in [0.1, 0.15) is 37.7 Å². The second-order valence-electron chi connectivity index (χ2n) is 40.2. The minimum atomic E-state index is -0.0730. The molecule has 3 aliphatic rings. The summed E-state index contributed by atoms with van der Waals surface area (Å²) in [6.07, 6.45) is 35.7. The Kier molecular flexibility index (Phi) is 37.2. The summed E-state index contributed by atoms with van der Waals surface area (Å²) < 4.78 is 0. The Morgan fingerprint density at radius 3 is 0.612 bits per heavy atom. The minimum Gasteiger partial charge on any atom is -0.375 e. The van der Waals surface area contributed by atoms with Crippen LogP contribution in [0, 0.1) is 48.1 Å². The largest absolute Gasteiger partial charge is 0.375 e. The Morgan fingerprint density at radius 2 is 0.396 bits per heavy atom. The summed E-state index contributed by atoms with van der Waals surface area (Å²) in [6.45, 7) is 27.3. The first-order valence-electron chi connectivity index (χ1n) is 51.2. The normalized spacial score (nSPS) is 12.7. The van der Waals surface area contributed by atoms with Crippen LogP contribution in [0.2, 0.25) is 0 Å². The summed E-state index contributed by atoms with van der Waals surface area (Å²) in [5.41, 5.74) is 36.8. The standard InChI is InChI=1S/C44H51N3O2.C43H52N2O2.C39H44N2O2/c1-33-14-23-39-40(28-33)44(41-29-34(2)30-42(45-3)43(39)41,24-10-6-8-12-26-46(4)37-19-15-35(31-48)16-20-37)25-11-7-9-13-27-47(5)38-21-17-36(32-49)18-22-38;1-33-13-23-39-40-24-14-34(2)30-42(40)43(41(39)29-33,25-9-5-7-11-27-44(3)37-19-15-35(31-46)16-20-37)26-10-6-8-12-28-45(4)38-21-17-36(32-47)18-22-38;1-29-9-19-35-36-20-10-30(2)26-38(36)39(37(35)25-29,21-5-7-23-40(3)33-15-11-31(27-42)12-16-33)22-6-8-24-41(4)34-17-13-32(28-43)14-18-34/h14-23,28-32H,6-13,24-27H2,1-2,4-5H3;13-24,29-32H,5-12,25-28H2,1-4H3;9-20,25-28H,5-8,21-24H2,1-4H3. The Hall–Kier alpha value is -13.1. The number of nitrogens with zero attached hydrogens (tertiary/aromatic N) is 7. The fourth-order valence-electron chi connectivity index (χ4n) is 22.1. The van der Waals surface area contributed by atoms with Crippen molar-refractivity contribution >= 4 is 77.5 Å². The van der Waals surface area contributed by atoms with Gasteiger partial charge in [0.15, 0.2) is 5.69 Å². The molecule has 12 aromatic rings. The van der Waals surface area contributed by atoms with Crippen molar-refractivity contribution in [2.45, 2.75) is 225 Å². The molecule has 13 heteroatoms. The first-order chi connectivity index (χ1) is 67.5. The lowest BCUT2D eigenvalue weighted by Gasteiger charge is -2.34. The number of carbonyl (C=O) groups excluding carboxylic acids is 6. The van der Waals surface area contributed by atoms with Crippen LogP contribution < -0.4 is 29.4 Å². The van der Waals surface area contributed by atoms with Gasteiger partial charge in [-0.15, -0.1) is 0 Å². The van der Waals surface area contributed by atoms with Crippen LogP contribution in [0.1, 0.15) is 296 Å². The molecule has 0 atom stereocenters. The van der Waals surface area contributed by atoms with Gasteiger partial charge in [-0.3, -0.25) is 28.8 Å². The van der Waals surface area contributed by atoms with Gasteiger partial charge in [-0.2, -0.15) is 0 Å². The van der Waals surface area contributed by atoms with Crippen molar-refractivity contribution < 1.29 is 28.8 Å². The minimum absolute atomic E-state index is 0.0110. The third-order valence-corrected chi connectivity index (χ3v) is 30.1. The van der Waals surface area contributed by atoms with E-state index in [2.05, 4.69) is 221 Å². The summed E-state index contributed by atoms with van der Waals surface area (Å²) >= 11 is 0. The van der Waals surface area contributed by atoms with Crippen molar-refractivity contribution in [3.05, 3.63) is 360 Å². The zero-order valence-corrected chi connectivity index (χ0v) is 84.8. The van der Waals surface area contributed by atoms with E-state index < -0.39 is 0 Å². The molecular formula is C126H147N7O6. The molecule has 13 nitrogen and oxygen atoms in total. The van der Waals surface area contributed by atoms with Crippen LogP contribution in [0.4, 0.5) is 39.8 Å². The van der Waals surface area contributed by atoms with Crippen molar-refractivity contribution in [2.24, 2.45) is 0 Å². The number of aldehydes is 6. The van der Waals surface area contributed by atoms with Crippen LogP contribution in [0.5, 0.6) is 0 Å². The van der Waals surface area contributed by atoms with Crippen LogP contribution in [-0.2, 0) is 16.2 Å². The Balaban J connectivity index is 0.000000176. The van der Waals surface area contributed by atoms with Crippen LogP contribution in [0.25, 0.3) is 38.2 Å². The zero-order chi connectivity index (χ0) is 98.4.